The van der Waals surface area contributed by atoms with Crippen LogP contribution in [-0.4, -0.2) is 45.3 Å². The van der Waals surface area contributed by atoms with Crippen molar-refractivity contribution in [2.45, 2.75) is 25.8 Å². The van der Waals surface area contributed by atoms with Gasteiger partial charge in [-0.15, -0.1) is 11.3 Å². The first-order chi connectivity index (χ1) is 19.2. The van der Waals surface area contributed by atoms with Gasteiger partial charge >= 0.3 is 0 Å². The van der Waals surface area contributed by atoms with E-state index in [9.17, 15) is 4.79 Å². The topological polar surface area (TPSA) is 86.6 Å². The van der Waals surface area contributed by atoms with E-state index in [0.717, 1.165) is 65.3 Å². The second kappa shape index (κ2) is 11.3. The van der Waals surface area contributed by atoms with Gasteiger partial charge in [-0.05, 0) is 68.4 Å². The number of nitrogens with one attached hydrogen (secondary N) is 3. The Morgan fingerprint density at radius 1 is 1.08 bits per heavy atom. The van der Waals surface area contributed by atoms with Crippen LogP contribution in [0.15, 0.2) is 89.7 Å². The Balaban J connectivity index is 1.16. The van der Waals surface area contributed by atoms with Gasteiger partial charge in [-0.25, -0.2) is 9.97 Å². The van der Waals surface area contributed by atoms with Crippen molar-refractivity contribution in [3.63, 3.8) is 0 Å². The molecule has 4 aromatic rings. The number of benzene rings is 1. The van der Waals surface area contributed by atoms with E-state index in [1.54, 1.807) is 11.3 Å². The van der Waals surface area contributed by atoms with Gasteiger partial charge in [0.05, 0.1) is 17.6 Å². The smallest absolute Gasteiger partial charge is 0.255 e. The summed E-state index contributed by atoms with van der Waals surface area (Å²) in [6.45, 7) is 3.21. The van der Waals surface area contributed by atoms with Crippen LogP contribution in [0, 0.1) is 0 Å². The maximum atomic E-state index is 12.9. The molecule has 0 atom stereocenters. The number of hydrogen-bond acceptors (Lipinski definition) is 7. The van der Waals surface area contributed by atoms with Crippen molar-refractivity contribution in [1.82, 2.24) is 29.9 Å². The lowest BCUT2D eigenvalue weighted by molar-refractivity contribution is 0.0966. The molecule has 1 fully saturated rings. The van der Waals surface area contributed by atoms with Gasteiger partial charge in [-0.2, -0.15) is 0 Å². The van der Waals surface area contributed by atoms with Crippen LogP contribution < -0.4 is 16.0 Å². The highest BCUT2D eigenvalue weighted by molar-refractivity contribution is 7.14. The predicted molar refractivity (Wildman–Crippen MR) is 157 cm³/mol. The summed E-state index contributed by atoms with van der Waals surface area (Å²) < 4.78 is 2.22. The molecule has 0 bridgehead atoms. The fraction of sp³-hybridized carbons (Fsp3) is 0.233. The second-order valence-corrected chi connectivity index (χ2v) is 10.5. The van der Waals surface area contributed by atoms with E-state index in [4.69, 9.17) is 4.98 Å². The molecule has 39 heavy (non-hydrogen) atoms. The van der Waals surface area contributed by atoms with Crippen molar-refractivity contribution in [2.75, 3.05) is 25.5 Å². The third-order valence-electron chi connectivity index (χ3n) is 7.07. The number of thiazole rings is 1. The molecule has 1 saturated heterocycles. The first kappa shape index (κ1) is 25.1. The number of amides is 1. The number of anilines is 2. The molecule has 0 spiro atoms. The van der Waals surface area contributed by atoms with Crippen molar-refractivity contribution in [2.24, 2.45) is 0 Å². The molecular formula is C30H31N7OS. The molecule has 0 radical (unpaired) electrons. The van der Waals surface area contributed by atoms with Crippen LogP contribution in [-0.2, 0) is 6.54 Å². The van der Waals surface area contributed by atoms with Crippen molar-refractivity contribution >= 4 is 33.7 Å². The molecule has 3 aromatic heterocycles. The summed E-state index contributed by atoms with van der Waals surface area (Å²) in [6.07, 6.45) is 13.0. The van der Waals surface area contributed by atoms with Crippen molar-refractivity contribution in [3.05, 3.63) is 101 Å². The number of nitrogens with zero attached hydrogens (tertiary/aromatic N) is 4. The minimum Gasteiger partial charge on any atom is -0.389 e. The van der Waals surface area contributed by atoms with Crippen molar-refractivity contribution in [1.29, 1.82) is 0 Å². The summed E-state index contributed by atoms with van der Waals surface area (Å²) in [7, 11) is 1.86. The molecule has 1 amide bonds. The normalized spacial score (nSPS) is 15.6. The lowest BCUT2D eigenvalue weighted by Gasteiger charge is -2.16. The van der Waals surface area contributed by atoms with Crippen LogP contribution in [0.2, 0.25) is 0 Å². The van der Waals surface area contributed by atoms with Crippen LogP contribution in [0.5, 0.6) is 0 Å². The number of carbonyl (C=O) groups is 1. The largest absolute Gasteiger partial charge is 0.389 e. The van der Waals surface area contributed by atoms with Gasteiger partial charge in [-0.1, -0.05) is 24.3 Å². The predicted octanol–water partition coefficient (Wildman–Crippen LogP) is 5.47. The molecule has 198 valence electrons. The number of imidazole rings is 1. The number of hydrogen-bond donors (Lipinski definition) is 3. The van der Waals surface area contributed by atoms with Crippen molar-refractivity contribution < 1.29 is 4.79 Å². The number of fused-ring (bicyclic) bond motifs is 1. The highest BCUT2D eigenvalue weighted by atomic mass is 32.1. The molecule has 0 saturated carbocycles. The minimum absolute atomic E-state index is 0.148. The molecule has 4 heterocycles. The molecule has 0 unspecified atom stereocenters. The summed E-state index contributed by atoms with van der Waals surface area (Å²) in [6, 6.07) is 13.7. The molecule has 1 aliphatic heterocycles. The first-order valence-electron chi connectivity index (χ1n) is 13.2. The number of likely N-dealkylation sites (tertiary alicyclic amines) is 1. The summed E-state index contributed by atoms with van der Waals surface area (Å²) in [4.78, 5) is 24.9. The Bertz CT molecular complexity index is 1570. The maximum Gasteiger partial charge on any atom is 0.255 e. The monoisotopic (exact) mass is 537 g/mol. The fourth-order valence-corrected chi connectivity index (χ4v) is 5.76. The van der Waals surface area contributed by atoms with Gasteiger partial charge < -0.3 is 16.0 Å². The second-order valence-electron chi connectivity index (χ2n) is 9.67. The Morgan fingerprint density at radius 2 is 1.92 bits per heavy atom. The van der Waals surface area contributed by atoms with Crippen LogP contribution in [0.4, 0.5) is 10.8 Å². The van der Waals surface area contributed by atoms with E-state index in [2.05, 4.69) is 53.8 Å². The third kappa shape index (κ3) is 5.50. The fourth-order valence-electron chi connectivity index (χ4n) is 5.03. The Morgan fingerprint density at radius 3 is 2.74 bits per heavy atom. The van der Waals surface area contributed by atoms with Gasteiger partial charge in [-0.3, -0.25) is 14.1 Å². The lowest BCUT2D eigenvalue weighted by Crippen LogP contribution is -2.25. The molecule has 9 heteroatoms. The highest BCUT2D eigenvalue weighted by Crippen LogP contribution is 2.29. The number of carbonyl (C=O) groups excluding carboxylic acids is 1. The molecule has 6 rings (SSSR count). The average Bonchev–Trinajstić information content (AvgIpc) is 3.69. The molecule has 8 nitrogen and oxygen atoms in total. The molecule has 3 N–H and O–H groups in total. The summed E-state index contributed by atoms with van der Waals surface area (Å²) in [5.74, 6) is -0.148. The Hall–Kier alpha value is -4.21. The number of rotatable bonds is 8. The Kier molecular flexibility index (Phi) is 7.25. The van der Waals surface area contributed by atoms with E-state index in [-0.39, 0.29) is 5.91 Å². The standard InChI is InChI=1S/C30H31N7OS/c1-31-24-9-3-2-4-10-25(24)34-29(38)21-12-14-22(15-13-21)33-30-35-26(20-39-30)27-18-32-28-11-7-8-23(37(27)28)19-36-16-5-6-17-36/h2-4,7-8,10-15,18,20,31H,5-6,9,16-17,19H2,1H3,(H,33,35)(H,34,38). The number of aromatic nitrogens is 3. The SMILES string of the molecule is CNC1=C(NC(=O)c2ccc(Nc3nc(-c4cnc5cccc(CN6CCCC6)n45)cs3)cc2)C=CC=CC1. The lowest BCUT2D eigenvalue weighted by atomic mass is 10.1. The van der Waals surface area contributed by atoms with E-state index in [1.807, 2.05) is 61.8 Å². The van der Waals surface area contributed by atoms with Gasteiger partial charge in [0.2, 0.25) is 0 Å². The van der Waals surface area contributed by atoms with Crippen LogP contribution in [0.3, 0.4) is 0 Å². The van der Waals surface area contributed by atoms with E-state index >= 15 is 0 Å². The number of allylic oxidation sites excluding steroid dienone is 4. The Labute approximate surface area is 231 Å². The highest BCUT2D eigenvalue weighted by Gasteiger charge is 2.17. The zero-order valence-corrected chi connectivity index (χ0v) is 22.7. The van der Waals surface area contributed by atoms with Crippen LogP contribution in [0.1, 0.15) is 35.3 Å². The third-order valence-corrected chi connectivity index (χ3v) is 7.82. The first-order valence-corrected chi connectivity index (χ1v) is 14.1. The quantitative estimate of drug-likeness (QED) is 0.276. The summed E-state index contributed by atoms with van der Waals surface area (Å²) in [5, 5.41) is 12.4. The number of pyridine rings is 1. The summed E-state index contributed by atoms with van der Waals surface area (Å²) >= 11 is 1.55. The van der Waals surface area contributed by atoms with Crippen LogP contribution >= 0.6 is 11.3 Å². The van der Waals surface area contributed by atoms with E-state index in [1.165, 1.54) is 18.5 Å². The average molecular weight is 538 g/mol. The zero-order valence-electron chi connectivity index (χ0n) is 21.9. The van der Waals surface area contributed by atoms with Gasteiger partial charge in [0, 0.05) is 48.0 Å². The van der Waals surface area contributed by atoms with E-state index < -0.39 is 0 Å². The van der Waals surface area contributed by atoms with Gasteiger partial charge in [0.25, 0.3) is 5.91 Å². The molecular weight excluding hydrogens is 506 g/mol. The molecule has 1 aliphatic carbocycles. The van der Waals surface area contributed by atoms with E-state index in [0.29, 0.717) is 5.56 Å². The maximum absolute atomic E-state index is 12.9. The molecule has 1 aromatic carbocycles. The van der Waals surface area contributed by atoms with Gasteiger partial charge in [0.1, 0.15) is 11.3 Å². The summed E-state index contributed by atoms with van der Waals surface area (Å²) in [5.41, 5.74) is 7.26. The van der Waals surface area contributed by atoms with Gasteiger partial charge in [0.15, 0.2) is 5.13 Å². The van der Waals surface area contributed by atoms with Crippen molar-refractivity contribution in [3.8, 4) is 11.4 Å². The zero-order chi connectivity index (χ0) is 26.6. The minimum atomic E-state index is -0.148. The molecule has 2 aliphatic rings. The van der Waals surface area contributed by atoms with Crippen LogP contribution in [0.25, 0.3) is 17.0 Å².